The minimum atomic E-state index is -1.19. The number of hydrogen-bond donors (Lipinski definition) is 1. The van der Waals surface area contributed by atoms with Gasteiger partial charge in [0.1, 0.15) is 12.8 Å². The summed E-state index contributed by atoms with van der Waals surface area (Å²) in [7, 11) is 0. The van der Waals surface area contributed by atoms with E-state index in [-0.39, 0.29) is 19.1 Å². The maximum Gasteiger partial charge on any atom is 0.410 e. The third kappa shape index (κ3) is 3.44. The van der Waals surface area contributed by atoms with E-state index in [2.05, 4.69) is 0 Å². The fourth-order valence-corrected chi connectivity index (χ4v) is 2.19. The second-order valence-electron chi connectivity index (χ2n) is 5.02. The zero-order valence-electron chi connectivity index (χ0n) is 11.0. The van der Waals surface area contributed by atoms with Crippen LogP contribution in [0.15, 0.2) is 30.3 Å². The molecule has 1 saturated heterocycles. The Kier molecular flexibility index (Phi) is 4.37. The van der Waals surface area contributed by atoms with E-state index in [1.165, 1.54) is 4.90 Å². The Balaban J connectivity index is 1.87. The lowest BCUT2D eigenvalue weighted by Gasteiger charge is -2.36. The first-order valence-electron chi connectivity index (χ1n) is 6.43. The average molecular weight is 266 g/mol. The van der Waals surface area contributed by atoms with E-state index in [1.807, 2.05) is 37.3 Å². The fourth-order valence-electron chi connectivity index (χ4n) is 2.19. The second-order valence-corrected chi connectivity index (χ2v) is 5.02. The Hall–Kier alpha value is -1.62. The van der Waals surface area contributed by atoms with Crippen LogP contribution in [-0.2, 0) is 11.3 Å². The Labute approximate surface area is 112 Å². The van der Waals surface area contributed by atoms with Gasteiger partial charge in [0.15, 0.2) is 0 Å². The molecule has 3 atom stereocenters. The lowest BCUT2D eigenvalue weighted by Crippen LogP contribution is -2.55. The van der Waals surface area contributed by atoms with Crippen LogP contribution >= 0.6 is 0 Å². The molecule has 5 heteroatoms. The zero-order chi connectivity index (χ0) is 13.8. The first kappa shape index (κ1) is 13.8. The number of halogens is 1. The molecule has 104 valence electrons. The first-order chi connectivity index (χ1) is 9.08. The van der Waals surface area contributed by atoms with Gasteiger partial charge in [0.2, 0.25) is 0 Å². The van der Waals surface area contributed by atoms with Crippen LogP contribution in [0.4, 0.5) is 9.18 Å². The van der Waals surface area contributed by atoms with Gasteiger partial charge in [0, 0.05) is 12.6 Å². The molecule has 19 heavy (non-hydrogen) atoms. The topological polar surface area (TPSA) is 55.6 Å². The predicted molar refractivity (Wildman–Crippen MR) is 70.2 cm³/mol. The van der Waals surface area contributed by atoms with Crippen LogP contribution in [0.1, 0.15) is 12.5 Å². The number of amides is 1. The fraction of sp³-hybridized carbons (Fsp3) is 0.500. The largest absolute Gasteiger partial charge is 0.445 e. The number of hydrogen-bond acceptors (Lipinski definition) is 3. The Morgan fingerprint density at radius 1 is 1.42 bits per heavy atom. The van der Waals surface area contributed by atoms with Crippen LogP contribution in [0, 0.1) is 5.92 Å². The number of carbonyl (C=O) groups is 1. The lowest BCUT2D eigenvalue weighted by atomic mass is 9.94. The molecule has 0 saturated carbocycles. The highest BCUT2D eigenvalue weighted by Gasteiger charge is 2.34. The maximum atomic E-state index is 13.6. The number of alkyl halides is 1. The average Bonchev–Trinajstić information content (AvgIpc) is 2.42. The molecule has 2 rings (SSSR count). The highest BCUT2D eigenvalue weighted by atomic mass is 19.1. The number of benzene rings is 1. The summed E-state index contributed by atoms with van der Waals surface area (Å²) < 4.78 is 18.8. The van der Waals surface area contributed by atoms with Crippen molar-refractivity contribution in [1.29, 1.82) is 0 Å². The van der Waals surface area contributed by atoms with Crippen molar-refractivity contribution in [2.24, 2.45) is 11.7 Å². The van der Waals surface area contributed by atoms with E-state index in [0.717, 1.165) is 5.56 Å². The number of nitrogens with zero attached hydrogens (tertiary/aromatic N) is 1. The lowest BCUT2D eigenvalue weighted by molar-refractivity contribution is 0.0490. The SMILES string of the molecule is CC1CN(C(=O)OCc2ccccc2)CC(F)C1N. The summed E-state index contributed by atoms with van der Waals surface area (Å²) in [6, 6.07) is 8.90. The normalized spacial score (nSPS) is 27.1. The molecule has 0 bridgehead atoms. The maximum absolute atomic E-state index is 13.6. The van der Waals surface area contributed by atoms with E-state index in [4.69, 9.17) is 10.5 Å². The van der Waals surface area contributed by atoms with Crippen LogP contribution in [0.3, 0.4) is 0 Å². The molecule has 4 nitrogen and oxygen atoms in total. The minimum Gasteiger partial charge on any atom is -0.445 e. The summed E-state index contributed by atoms with van der Waals surface area (Å²) in [6.45, 7) is 2.50. The quantitative estimate of drug-likeness (QED) is 0.890. The van der Waals surface area contributed by atoms with E-state index in [1.54, 1.807) is 0 Å². The van der Waals surface area contributed by atoms with Gasteiger partial charge in [-0.05, 0) is 11.5 Å². The molecule has 0 spiro atoms. The smallest absolute Gasteiger partial charge is 0.410 e. The van der Waals surface area contributed by atoms with Gasteiger partial charge in [0.05, 0.1) is 6.54 Å². The van der Waals surface area contributed by atoms with Crippen molar-refractivity contribution in [3.05, 3.63) is 35.9 Å². The number of piperidine rings is 1. The van der Waals surface area contributed by atoms with Gasteiger partial charge < -0.3 is 15.4 Å². The van der Waals surface area contributed by atoms with Crippen molar-refractivity contribution in [2.45, 2.75) is 25.7 Å². The second kappa shape index (κ2) is 6.02. The van der Waals surface area contributed by atoms with E-state index >= 15 is 0 Å². The van der Waals surface area contributed by atoms with Crippen molar-refractivity contribution in [1.82, 2.24) is 4.90 Å². The van der Waals surface area contributed by atoms with Crippen molar-refractivity contribution >= 4 is 6.09 Å². The summed E-state index contributed by atoms with van der Waals surface area (Å²) in [5.74, 6) is -0.0620. The minimum absolute atomic E-state index is 0.0130. The third-order valence-electron chi connectivity index (χ3n) is 3.44. The predicted octanol–water partition coefficient (Wildman–Crippen LogP) is 1.94. The molecule has 1 heterocycles. The summed E-state index contributed by atoms with van der Waals surface area (Å²) in [5.41, 5.74) is 6.61. The first-order valence-corrected chi connectivity index (χ1v) is 6.43. The van der Waals surface area contributed by atoms with Gasteiger partial charge >= 0.3 is 6.09 Å². The molecule has 2 N–H and O–H groups in total. The summed E-state index contributed by atoms with van der Waals surface area (Å²) in [4.78, 5) is 13.3. The molecule has 1 aliphatic rings. The summed E-state index contributed by atoms with van der Waals surface area (Å²) in [6.07, 6.45) is -1.67. The van der Waals surface area contributed by atoms with Crippen LogP contribution in [0.2, 0.25) is 0 Å². The van der Waals surface area contributed by atoms with Gasteiger partial charge in [-0.1, -0.05) is 37.3 Å². The molecule has 0 aliphatic carbocycles. The standard InChI is InChI=1S/C14H19FN2O2/c1-10-7-17(8-12(15)13(10)16)14(18)19-9-11-5-3-2-4-6-11/h2-6,10,12-13H,7-9,16H2,1H3. The van der Waals surface area contributed by atoms with Gasteiger partial charge in [-0.3, -0.25) is 0 Å². The number of likely N-dealkylation sites (tertiary alicyclic amines) is 1. The highest BCUT2D eigenvalue weighted by Crippen LogP contribution is 2.19. The molecule has 3 unspecified atom stereocenters. The summed E-state index contributed by atoms with van der Waals surface area (Å²) >= 11 is 0. The molecule has 1 fully saturated rings. The van der Waals surface area contributed by atoms with Crippen LogP contribution < -0.4 is 5.73 Å². The Morgan fingerprint density at radius 3 is 2.74 bits per heavy atom. The zero-order valence-corrected chi connectivity index (χ0v) is 11.0. The molecule has 0 radical (unpaired) electrons. The summed E-state index contributed by atoms with van der Waals surface area (Å²) in [5, 5.41) is 0. The number of rotatable bonds is 2. The van der Waals surface area contributed by atoms with Crippen LogP contribution in [0.5, 0.6) is 0 Å². The van der Waals surface area contributed by atoms with E-state index in [0.29, 0.717) is 6.54 Å². The molecule has 1 aromatic rings. The molecular formula is C14H19FN2O2. The highest BCUT2D eigenvalue weighted by molar-refractivity contribution is 5.67. The Morgan fingerprint density at radius 2 is 2.11 bits per heavy atom. The van der Waals surface area contributed by atoms with Gasteiger partial charge in [-0.2, -0.15) is 0 Å². The van der Waals surface area contributed by atoms with Crippen molar-refractivity contribution < 1.29 is 13.9 Å². The van der Waals surface area contributed by atoms with Crippen molar-refractivity contribution in [3.63, 3.8) is 0 Å². The van der Waals surface area contributed by atoms with Gasteiger partial charge in [0.25, 0.3) is 0 Å². The van der Waals surface area contributed by atoms with Crippen molar-refractivity contribution in [2.75, 3.05) is 13.1 Å². The van der Waals surface area contributed by atoms with E-state index < -0.39 is 18.3 Å². The van der Waals surface area contributed by atoms with E-state index in [9.17, 15) is 9.18 Å². The van der Waals surface area contributed by atoms with Crippen LogP contribution in [0.25, 0.3) is 0 Å². The number of ether oxygens (including phenoxy) is 1. The third-order valence-corrected chi connectivity index (χ3v) is 3.44. The molecule has 1 aliphatic heterocycles. The van der Waals surface area contributed by atoms with Crippen LogP contribution in [-0.4, -0.2) is 36.3 Å². The molecule has 1 aromatic carbocycles. The number of nitrogens with two attached hydrogens (primary N) is 1. The van der Waals surface area contributed by atoms with Gasteiger partial charge in [-0.15, -0.1) is 0 Å². The monoisotopic (exact) mass is 266 g/mol. The molecular weight excluding hydrogens is 247 g/mol. The molecule has 0 aromatic heterocycles. The Bertz CT molecular complexity index is 415. The van der Waals surface area contributed by atoms with Crippen molar-refractivity contribution in [3.8, 4) is 0 Å². The molecule has 1 amide bonds. The number of carbonyl (C=O) groups excluding carboxylic acids is 1. The van der Waals surface area contributed by atoms with Gasteiger partial charge in [-0.25, -0.2) is 9.18 Å².